The van der Waals surface area contributed by atoms with Crippen LogP contribution in [-0.4, -0.2) is 17.3 Å². The number of nitrogens with one attached hydrogen (secondary N) is 1. The third-order valence-corrected chi connectivity index (χ3v) is 4.39. The zero-order chi connectivity index (χ0) is 14.8. The molecule has 0 radical (unpaired) electrons. The van der Waals surface area contributed by atoms with Gasteiger partial charge < -0.3 is 10.4 Å². The summed E-state index contributed by atoms with van der Waals surface area (Å²) in [6.45, 7) is 4.58. The molecule has 0 heterocycles. The summed E-state index contributed by atoms with van der Waals surface area (Å²) in [5.41, 5.74) is 0.0241. The highest BCUT2D eigenvalue weighted by atomic mass is 19.2. The van der Waals surface area contributed by atoms with Crippen LogP contribution in [0, 0.1) is 17.6 Å². The summed E-state index contributed by atoms with van der Waals surface area (Å²) in [4.78, 5) is 0. The van der Waals surface area contributed by atoms with Crippen molar-refractivity contribution in [2.24, 2.45) is 5.92 Å². The molecule has 1 aromatic carbocycles. The molecule has 0 bridgehead atoms. The summed E-state index contributed by atoms with van der Waals surface area (Å²) >= 11 is 0. The Kier molecular flexibility index (Phi) is 4.76. The van der Waals surface area contributed by atoms with E-state index < -0.39 is 17.2 Å². The molecule has 4 heteroatoms. The predicted octanol–water partition coefficient (Wildman–Crippen LogP) is 3.56. The van der Waals surface area contributed by atoms with Crippen LogP contribution >= 0.6 is 0 Å². The van der Waals surface area contributed by atoms with Gasteiger partial charge in [0.15, 0.2) is 11.6 Å². The fraction of sp³-hybridized carbons (Fsp3) is 0.625. The summed E-state index contributed by atoms with van der Waals surface area (Å²) in [5.74, 6) is -0.985. The van der Waals surface area contributed by atoms with Crippen molar-refractivity contribution in [2.45, 2.75) is 51.2 Å². The first kappa shape index (κ1) is 15.4. The van der Waals surface area contributed by atoms with E-state index in [0.29, 0.717) is 18.0 Å². The molecule has 1 aliphatic carbocycles. The van der Waals surface area contributed by atoms with Gasteiger partial charge >= 0.3 is 0 Å². The van der Waals surface area contributed by atoms with Gasteiger partial charge in [-0.2, -0.15) is 0 Å². The van der Waals surface area contributed by atoms with Crippen molar-refractivity contribution >= 4 is 0 Å². The van der Waals surface area contributed by atoms with Crippen LogP contribution in [0.5, 0.6) is 0 Å². The van der Waals surface area contributed by atoms with Crippen LogP contribution in [0.4, 0.5) is 8.78 Å². The van der Waals surface area contributed by atoms with Gasteiger partial charge in [0, 0.05) is 12.6 Å². The summed E-state index contributed by atoms with van der Waals surface area (Å²) in [6.07, 6.45) is 3.67. The molecule has 0 aliphatic heterocycles. The van der Waals surface area contributed by atoms with Crippen LogP contribution in [0.1, 0.15) is 51.1 Å². The lowest BCUT2D eigenvalue weighted by Crippen LogP contribution is -2.44. The van der Waals surface area contributed by atoms with E-state index >= 15 is 0 Å². The summed E-state index contributed by atoms with van der Waals surface area (Å²) in [7, 11) is 0. The van der Waals surface area contributed by atoms with E-state index in [1.54, 1.807) is 6.07 Å². The van der Waals surface area contributed by atoms with Gasteiger partial charge in [-0.3, -0.25) is 0 Å². The van der Waals surface area contributed by atoms with E-state index in [1.807, 2.05) is 6.92 Å². The summed E-state index contributed by atoms with van der Waals surface area (Å²) in [6, 6.07) is 3.80. The average Bonchev–Trinajstić information content (AvgIpc) is 2.43. The Morgan fingerprint density at radius 3 is 2.55 bits per heavy atom. The molecule has 1 fully saturated rings. The average molecular weight is 283 g/mol. The van der Waals surface area contributed by atoms with E-state index in [0.717, 1.165) is 31.7 Å². The summed E-state index contributed by atoms with van der Waals surface area (Å²) < 4.78 is 26.1. The second kappa shape index (κ2) is 6.19. The van der Waals surface area contributed by atoms with Crippen molar-refractivity contribution in [1.29, 1.82) is 0 Å². The van der Waals surface area contributed by atoms with Gasteiger partial charge in [0.05, 0.1) is 5.60 Å². The normalized spacial score (nSPS) is 28.4. The molecule has 1 saturated carbocycles. The van der Waals surface area contributed by atoms with Crippen LogP contribution in [-0.2, 0) is 0 Å². The molecule has 1 unspecified atom stereocenters. The highest BCUT2D eigenvalue weighted by Crippen LogP contribution is 2.31. The molecule has 1 atom stereocenters. The maximum atomic E-state index is 13.2. The quantitative estimate of drug-likeness (QED) is 0.885. The van der Waals surface area contributed by atoms with Crippen LogP contribution in [0.2, 0.25) is 0 Å². The molecule has 2 N–H and O–H groups in total. The Morgan fingerprint density at radius 2 is 1.95 bits per heavy atom. The Morgan fingerprint density at radius 1 is 1.30 bits per heavy atom. The third-order valence-electron chi connectivity index (χ3n) is 4.39. The van der Waals surface area contributed by atoms with Gasteiger partial charge in [-0.15, -0.1) is 0 Å². The third kappa shape index (κ3) is 3.76. The lowest BCUT2D eigenvalue weighted by molar-refractivity contribution is -0.00784. The van der Waals surface area contributed by atoms with Crippen molar-refractivity contribution in [1.82, 2.24) is 5.32 Å². The smallest absolute Gasteiger partial charge is 0.159 e. The van der Waals surface area contributed by atoms with Crippen molar-refractivity contribution in [3.63, 3.8) is 0 Å². The van der Waals surface area contributed by atoms with E-state index in [9.17, 15) is 13.9 Å². The van der Waals surface area contributed by atoms with Gasteiger partial charge in [-0.1, -0.05) is 13.0 Å². The van der Waals surface area contributed by atoms with Gasteiger partial charge in [-0.05, 0) is 56.2 Å². The summed E-state index contributed by atoms with van der Waals surface area (Å²) in [5, 5.41) is 13.7. The fourth-order valence-electron chi connectivity index (χ4n) is 2.72. The largest absolute Gasteiger partial charge is 0.389 e. The van der Waals surface area contributed by atoms with Crippen molar-refractivity contribution in [3.8, 4) is 0 Å². The first-order valence-corrected chi connectivity index (χ1v) is 7.30. The second-order valence-electron chi connectivity index (χ2n) is 6.18. The highest BCUT2D eigenvalue weighted by Gasteiger charge is 2.31. The fourth-order valence-corrected chi connectivity index (χ4v) is 2.72. The first-order valence-electron chi connectivity index (χ1n) is 7.30. The minimum atomic E-state index is -0.833. The van der Waals surface area contributed by atoms with Crippen LogP contribution in [0.3, 0.4) is 0 Å². The lowest BCUT2D eigenvalue weighted by Gasteiger charge is -2.36. The van der Waals surface area contributed by atoms with Crippen molar-refractivity contribution in [3.05, 3.63) is 35.4 Å². The molecular formula is C16H23F2NO. The number of hydrogen-bond donors (Lipinski definition) is 2. The SMILES string of the molecule is CC1CCC(O)(CNC(C)c2ccc(F)c(F)c2)CC1. The van der Waals surface area contributed by atoms with Gasteiger partial charge in [0.2, 0.25) is 0 Å². The molecule has 1 aromatic rings. The standard InChI is InChI=1S/C16H23F2NO/c1-11-5-7-16(20,8-6-11)10-19-12(2)13-3-4-14(17)15(18)9-13/h3-4,9,11-12,19-20H,5-8,10H2,1-2H3. The highest BCUT2D eigenvalue weighted by molar-refractivity contribution is 5.20. The van der Waals surface area contributed by atoms with E-state index in [1.165, 1.54) is 6.07 Å². The van der Waals surface area contributed by atoms with E-state index in [4.69, 9.17) is 0 Å². The van der Waals surface area contributed by atoms with E-state index in [2.05, 4.69) is 12.2 Å². The topological polar surface area (TPSA) is 32.3 Å². The van der Waals surface area contributed by atoms with Crippen LogP contribution in [0.25, 0.3) is 0 Å². The van der Waals surface area contributed by atoms with E-state index in [-0.39, 0.29) is 6.04 Å². The number of aliphatic hydroxyl groups is 1. The molecule has 0 aromatic heterocycles. The molecule has 2 rings (SSSR count). The zero-order valence-electron chi connectivity index (χ0n) is 12.1. The molecule has 1 aliphatic rings. The Hall–Kier alpha value is -1.00. The molecule has 0 spiro atoms. The van der Waals surface area contributed by atoms with Gasteiger partial charge in [-0.25, -0.2) is 8.78 Å². The molecule has 112 valence electrons. The molecule has 0 amide bonds. The maximum absolute atomic E-state index is 13.2. The predicted molar refractivity (Wildman–Crippen MR) is 75.4 cm³/mol. The molecular weight excluding hydrogens is 260 g/mol. The number of rotatable bonds is 4. The number of benzene rings is 1. The molecule has 0 saturated heterocycles. The van der Waals surface area contributed by atoms with Crippen molar-refractivity contribution < 1.29 is 13.9 Å². The monoisotopic (exact) mass is 283 g/mol. The number of hydrogen-bond acceptors (Lipinski definition) is 2. The first-order chi connectivity index (χ1) is 9.39. The zero-order valence-corrected chi connectivity index (χ0v) is 12.1. The minimum absolute atomic E-state index is 0.117. The number of halogens is 2. The minimum Gasteiger partial charge on any atom is -0.389 e. The molecule has 20 heavy (non-hydrogen) atoms. The second-order valence-corrected chi connectivity index (χ2v) is 6.18. The Labute approximate surface area is 119 Å². The molecule has 2 nitrogen and oxygen atoms in total. The Bertz CT molecular complexity index is 456. The maximum Gasteiger partial charge on any atom is 0.159 e. The Balaban J connectivity index is 1.91. The van der Waals surface area contributed by atoms with Crippen LogP contribution in [0.15, 0.2) is 18.2 Å². The van der Waals surface area contributed by atoms with Crippen LogP contribution < -0.4 is 5.32 Å². The van der Waals surface area contributed by atoms with Crippen molar-refractivity contribution in [2.75, 3.05) is 6.54 Å². The van der Waals surface area contributed by atoms with Gasteiger partial charge in [0.25, 0.3) is 0 Å². The van der Waals surface area contributed by atoms with Gasteiger partial charge in [0.1, 0.15) is 0 Å². The lowest BCUT2D eigenvalue weighted by atomic mass is 9.79.